The lowest BCUT2D eigenvalue weighted by Gasteiger charge is -2.29. The highest BCUT2D eigenvalue weighted by molar-refractivity contribution is 7.10. The summed E-state index contributed by atoms with van der Waals surface area (Å²) in [5.74, 6) is -0.0490. The van der Waals surface area contributed by atoms with Gasteiger partial charge in [-0.3, -0.25) is 4.79 Å². The van der Waals surface area contributed by atoms with Gasteiger partial charge in [-0.05, 0) is 74.5 Å². The van der Waals surface area contributed by atoms with Crippen molar-refractivity contribution in [3.05, 3.63) is 87.6 Å². The normalized spacial score (nSPS) is 13.5. The molecule has 0 bridgehead atoms. The van der Waals surface area contributed by atoms with E-state index < -0.39 is 0 Å². The van der Waals surface area contributed by atoms with Crippen LogP contribution in [0.4, 0.5) is 10.5 Å². The van der Waals surface area contributed by atoms with Crippen molar-refractivity contribution in [2.75, 3.05) is 38.0 Å². The lowest BCUT2D eigenvalue weighted by Crippen LogP contribution is -2.46. The van der Waals surface area contributed by atoms with Gasteiger partial charge in [0.1, 0.15) is 6.54 Å². The fraction of sp³-hybridized carbons (Fsp3) is 0.379. The lowest BCUT2D eigenvalue weighted by molar-refractivity contribution is -0.133. The molecule has 6 nitrogen and oxygen atoms in total. The Kier molecular flexibility index (Phi) is 9.14. The van der Waals surface area contributed by atoms with Crippen molar-refractivity contribution in [2.24, 2.45) is 0 Å². The Morgan fingerprint density at radius 2 is 1.64 bits per heavy atom. The standard InChI is InChI=1S/C29H36N4O2S/c1-23-10-12-26(13-11-23)30-29(35)32(18-17-31-15-6-7-16-31)22-28(34)33(20-25-8-4-3-5-9-25)21-27-24(2)14-19-36-27/h3-5,8-14,19H,6-7,15-18,20-22H2,1-2H3,(H,30,35). The third-order valence-corrected chi connectivity index (χ3v) is 7.68. The summed E-state index contributed by atoms with van der Waals surface area (Å²) >= 11 is 1.67. The van der Waals surface area contributed by atoms with Gasteiger partial charge >= 0.3 is 6.03 Å². The maximum atomic E-state index is 13.7. The number of likely N-dealkylation sites (tertiary alicyclic amines) is 1. The molecular weight excluding hydrogens is 468 g/mol. The number of hydrogen-bond donors (Lipinski definition) is 1. The molecule has 1 aromatic heterocycles. The van der Waals surface area contributed by atoms with Crippen molar-refractivity contribution >= 4 is 29.0 Å². The maximum Gasteiger partial charge on any atom is 0.322 e. The highest BCUT2D eigenvalue weighted by Gasteiger charge is 2.24. The summed E-state index contributed by atoms with van der Waals surface area (Å²) in [6.45, 7) is 8.59. The molecule has 0 spiro atoms. The summed E-state index contributed by atoms with van der Waals surface area (Å²) in [4.78, 5) is 34.1. The van der Waals surface area contributed by atoms with Crippen LogP contribution in [-0.2, 0) is 17.9 Å². The number of urea groups is 1. The van der Waals surface area contributed by atoms with E-state index in [1.807, 2.05) is 66.4 Å². The molecule has 4 rings (SSSR count). The van der Waals surface area contributed by atoms with E-state index in [1.54, 1.807) is 16.2 Å². The zero-order chi connectivity index (χ0) is 25.3. The lowest BCUT2D eigenvalue weighted by atomic mass is 10.2. The largest absolute Gasteiger partial charge is 0.332 e. The van der Waals surface area contributed by atoms with Crippen LogP contribution in [0.2, 0.25) is 0 Å². The third kappa shape index (κ3) is 7.42. The number of carbonyl (C=O) groups is 2. The van der Waals surface area contributed by atoms with Gasteiger partial charge in [-0.15, -0.1) is 11.3 Å². The fourth-order valence-corrected chi connectivity index (χ4v) is 5.32. The average molecular weight is 505 g/mol. The SMILES string of the molecule is Cc1ccc(NC(=O)N(CCN2CCCC2)CC(=O)N(Cc2ccccc2)Cc2sccc2C)cc1. The number of nitrogens with zero attached hydrogens (tertiary/aromatic N) is 3. The summed E-state index contributed by atoms with van der Waals surface area (Å²) in [5, 5.41) is 5.06. The number of thiophene rings is 1. The Morgan fingerprint density at radius 3 is 2.31 bits per heavy atom. The van der Waals surface area contributed by atoms with E-state index in [9.17, 15) is 9.59 Å². The molecule has 0 saturated carbocycles. The van der Waals surface area contributed by atoms with Crippen LogP contribution in [0.25, 0.3) is 0 Å². The minimum absolute atomic E-state index is 0.0444. The minimum Gasteiger partial charge on any atom is -0.332 e. The van der Waals surface area contributed by atoms with Gasteiger partial charge in [0.25, 0.3) is 0 Å². The van der Waals surface area contributed by atoms with E-state index in [0.29, 0.717) is 19.6 Å². The molecule has 1 saturated heterocycles. The minimum atomic E-state index is -0.238. The molecule has 0 unspecified atom stereocenters. The predicted molar refractivity (Wildman–Crippen MR) is 147 cm³/mol. The zero-order valence-electron chi connectivity index (χ0n) is 21.3. The molecule has 1 aliphatic rings. The Labute approximate surface area is 218 Å². The molecule has 0 radical (unpaired) electrons. The van der Waals surface area contributed by atoms with Crippen LogP contribution in [0.1, 0.15) is 34.4 Å². The van der Waals surface area contributed by atoms with Crippen LogP contribution in [-0.4, -0.2) is 59.4 Å². The van der Waals surface area contributed by atoms with Crippen LogP contribution in [0.5, 0.6) is 0 Å². The number of rotatable bonds is 10. The van der Waals surface area contributed by atoms with Gasteiger partial charge in [-0.1, -0.05) is 48.0 Å². The molecule has 3 amide bonds. The van der Waals surface area contributed by atoms with Gasteiger partial charge < -0.3 is 20.0 Å². The fourth-order valence-electron chi connectivity index (χ4n) is 4.40. The van der Waals surface area contributed by atoms with Crippen molar-refractivity contribution in [1.82, 2.24) is 14.7 Å². The molecule has 3 aromatic rings. The molecular formula is C29H36N4O2S. The summed E-state index contributed by atoms with van der Waals surface area (Å²) in [5.41, 5.74) is 4.13. The molecule has 190 valence electrons. The second kappa shape index (κ2) is 12.7. The first-order valence-corrected chi connectivity index (χ1v) is 13.6. The van der Waals surface area contributed by atoms with Crippen molar-refractivity contribution in [3.63, 3.8) is 0 Å². The molecule has 7 heteroatoms. The van der Waals surface area contributed by atoms with Gasteiger partial charge in [-0.2, -0.15) is 0 Å². The van der Waals surface area contributed by atoms with E-state index in [0.717, 1.165) is 36.4 Å². The van der Waals surface area contributed by atoms with Crippen molar-refractivity contribution < 1.29 is 9.59 Å². The number of carbonyl (C=O) groups excluding carboxylic acids is 2. The second-order valence-corrected chi connectivity index (χ2v) is 10.5. The molecule has 2 aromatic carbocycles. The molecule has 2 heterocycles. The van der Waals surface area contributed by atoms with Crippen LogP contribution in [0.15, 0.2) is 66.0 Å². The summed E-state index contributed by atoms with van der Waals surface area (Å²) in [6, 6.07) is 19.6. The van der Waals surface area contributed by atoms with E-state index in [2.05, 4.69) is 28.6 Å². The van der Waals surface area contributed by atoms with Gasteiger partial charge in [0.15, 0.2) is 0 Å². The average Bonchev–Trinajstić information content (AvgIpc) is 3.55. The van der Waals surface area contributed by atoms with E-state index in [-0.39, 0.29) is 18.5 Å². The molecule has 36 heavy (non-hydrogen) atoms. The van der Waals surface area contributed by atoms with Crippen molar-refractivity contribution in [3.8, 4) is 0 Å². The highest BCUT2D eigenvalue weighted by Crippen LogP contribution is 2.20. The number of hydrogen-bond acceptors (Lipinski definition) is 4. The van der Waals surface area contributed by atoms with Crippen molar-refractivity contribution in [1.29, 1.82) is 0 Å². The smallest absolute Gasteiger partial charge is 0.322 e. The van der Waals surface area contributed by atoms with Gasteiger partial charge in [-0.25, -0.2) is 4.79 Å². The van der Waals surface area contributed by atoms with Crippen LogP contribution >= 0.6 is 11.3 Å². The third-order valence-electron chi connectivity index (χ3n) is 6.67. The molecule has 1 fully saturated rings. The molecule has 0 atom stereocenters. The second-order valence-electron chi connectivity index (χ2n) is 9.53. The molecule has 1 N–H and O–H groups in total. The summed E-state index contributed by atoms with van der Waals surface area (Å²) < 4.78 is 0. The number of anilines is 1. The quantitative estimate of drug-likeness (QED) is 0.395. The first-order chi connectivity index (χ1) is 17.5. The Hall–Kier alpha value is -3.16. The first-order valence-electron chi connectivity index (χ1n) is 12.7. The summed E-state index contributed by atoms with van der Waals surface area (Å²) in [7, 11) is 0. The monoisotopic (exact) mass is 504 g/mol. The molecule has 0 aliphatic carbocycles. The van der Waals surface area contributed by atoms with E-state index in [1.165, 1.54) is 23.3 Å². The Balaban J connectivity index is 1.49. The number of amides is 3. The number of aryl methyl sites for hydroxylation is 2. The number of benzene rings is 2. The predicted octanol–water partition coefficient (Wildman–Crippen LogP) is 5.52. The Morgan fingerprint density at radius 1 is 0.917 bits per heavy atom. The van der Waals surface area contributed by atoms with E-state index >= 15 is 0 Å². The Bertz CT molecular complexity index is 1120. The van der Waals surface area contributed by atoms with Gasteiger partial charge in [0, 0.05) is 30.2 Å². The van der Waals surface area contributed by atoms with Crippen LogP contribution in [0.3, 0.4) is 0 Å². The number of nitrogens with one attached hydrogen (secondary N) is 1. The maximum absolute atomic E-state index is 13.7. The van der Waals surface area contributed by atoms with Gasteiger partial charge in [0.2, 0.25) is 5.91 Å². The van der Waals surface area contributed by atoms with Crippen LogP contribution < -0.4 is 5.32 Å². The van der Waals surface area contributed by atoms with Gasteiger partial charge in [0.05, 0.1) is 6.54 Å². The van der Waals surface area contributed by atoms with Crippen LogP contribution in [0, 0.1) is 13.8 Å². The molecule has 1 aliphatic heterocycles. The summed E-state index contributed by atoms with van der Waals surface area (Å²) in [6.07, 6.45) is 2.39. The zero-order valence-corrected chi connectivity index (χ0v) is 22.1. The van der Waals surface area contributed by atoms with Crippen molar-refractivity contribution in [2.45, 2.75) is 39.8 Å². The topological polar surface area (TPSA) is 55.9 Å². The highest BCUT2D eigenvalue weighted by atomic mass is 32.1. The first kappa shape index (κ1) is 25.9. The van der Waals surface area contributed by atoms with E-state index in [4.69, 9.17) is 0 Å².